The van der Waals surface area contributed by atoms with Crippen LogP contribution >= 0.6 is 11.6 Å². The van der Waals surface area contributed by atoms with Crippen molar-refractivity contribution in [2.45, 2.75) is 13.0 Å². The second-order valence-corrected chi connectivity index (χ2v) is 7.80. The predicted octanol–water partition coefficient (Wildman–Crippen LogP) is 4.40. The Morgan fingerprint density at radius 3 is 2.07 bits per heavy atom. The van der Waals surface area contributed by atoms with Crippen LogP contribution in [0.15, 0.2) is 72.8 Å². The van der Waals surface area contributed by atoms with Gasteiger partial charge in [-0.25, -0.2) is 0 Å². The number of carbonyl (C=O) groups is 1. The molecule has 0 atom stereocenters. The molecule has 4 nitrogen and oxygen atoms in total. The first-order chi connectivity index (χ1) is 14.5. The van der Waals surface area contributed by atoms with Crippen molar-refractivity contribution in [1.82, 2.24) is 10.2 Å². The molecule has 5 heteroatoms. The number of nitrogens with zero attached hydrogens (tertiary/aromatic N) is 1. The molecule has 0 aromatic heterocycles. The van der Waals surface area contributed by atoms with Gasteiger partial charge in [0.15, 0.2) is 0 Å². The van der Waals surface area contributed by atoms with Crippen LogP contribution < -0.4 is 5.32 Å². The second kappa shape index (κ2) is 10.9. The normalized spacial score (nSPS) is 10.9. The molecule has 0 unspecified atom stereocenters. The van der Waals surface area contributed by atoms with Crippen LogP contribution in [0.25, 0.3) is 11.1 Å². The first kappa shape index (κ1) is 22.0. The summed E-state index contributed by atoms with van der Waals surface area (Å²) in [5.41, 5.74) is 5.15. The van der Waals surface area contributed by atoms with Gasteiger partial charge in [-0.3, -0.25) is 9.69 Å². The van der Waals surface area contributed by atoms with Gasteiger partial charge in [-0.05, 0) is 60.0 Å². The van der Waals surface area contributed by atoms with Crippen LogP contribution in [-0.4, -0.2) is 42.7 Å². The molecule has 0 aliphatic heterocycles. The zero-order valence-electron chi connectivity index (χ0n) is 17.1. The molecule has 0 saturated heterocycles. The Kier molecular flexibility index (Phi) is 8.03. The Morgan fingerprint density at radius 1 is 0.900 bits per heavy atom. The summed E-state index contributed by atoms with van der Waals surface area (Å²) in [6.07, 6.45) is 0.779. The molecule has 3 rings (SSSR count). The van der Waals surface area contributed by atoms with Crippen molar-refractivity contribution in [2.75, 3.05) is 26.7 Å². The number of rotatable bonds is 9. The van der Waals surface area contributed by atoms with Crippen molar-refractivity contribution in [3.8, 4) is 11.1 Å². The number of hydrogen-bond donors (Lipinski definition) is 2. The molecule has 0 aliphatic rings. The number of aliphatic hydroxyl groups is 1. The second-order valence-electron chi connectivity index (χ2n) is 7.37. The molecule has 0 spiro atoms. The number of nitrogens with one attached hydrogen (secondary N) is 1. The van der Waals surface area contributed by atoms with Gasteiger partial charge in [-0.1, -0.05) is 60.1 Å². The minimum atomic E-state index is -0.0695. The minimum absolute atomic E-state index is 0.0695. The number of benzene rings is 3. The van der Waals surface area contributed by atoms with Crippen molar-refractivity contribution in [3.05, 3.63) is 94.5 Å². The maximum atomic E-state index is 12.4. The number of hydrogen-bond acceptors (Lipinski definition) is 3. The van der Waals surface area contributed by atoms with Crippen molar-refractivity contribution >= 4 is 17.5 Å². The molecule has 30 heavy (non-hydrogen) atoms. The maximum Gasteiger partial charge on any atom is 0.251 e. The van der Waals surface area contributed by atoms with E-state index in [0.29, 0.717) is 23.7 Å². The lowest BCUT2D eigenvalue weighted by Crippen LogP contribution is -2.25. The summed E-state index contributed by atoms with van der Waals surface area (Å²) in [6.45, 7) is 2.22. The zero-order valence-corrected chi connectivity index (χ0v) is 17.9. The molecule has 156 valence electrons. The molecule has 3 aromatic carbocycles. The molecular formula is C25H27ClN2O2. The van der Waals surface area contributed by atoms with E-state index < -0.39 is 0 Å². The summed E-state index contributed by atoms with van der Waals surface area (Å²) in [7, 11) is 1.99. The molecule has 0 bridgehead atoms. The predicted molar refractivity (Wildman–Crippen MR) is 123 cm³/mol. The lowest BCUT2D eigenvalue weighted by molar-refractivity contribution is 0.0954. The summed E-state index contributed by atoms with van der Waals surface area (Å²) in [5.74, 6) is -0.0695. The molecule has 1 amide bonds. The number of carbonyl (C=O) groups excluding carboxylic acids is 1. The van der Waals surface area contributed by atoms with Gasteiger partial charge in [0.1, 0.15) is 0 Å². The van der Waals surface area contributed by atoms with E-state index in [9.17, 15) is 4.79 Å². The first-order valence-corrected chi connectivity index (χ1v) is 10.4. The zero-order chi connectivity index (χ0) is 21.3. The van der Waals surface area contributed by atoms with Crippen LogP contribution in [0.5, 0.6) is 0 Å². The van der Waals surface area contributed by atoms with Crippen molar-refractivity contribution < 1.29 is 9.90 Å². The number of aliphatic hydroxyl groups excluding tert-OH is 1. The van der Waals surface area contributed by atoms with Gasteiger partial charge >= 0.3 is 0 Å². The molecule has 0 aliphatic carbocycles. The smallest absolute Gasteiger partial charge is 0.251 e. The van der Waals surface area contributed by atoms with Crippen molar-refractivity contribution in [1.29, 1.82) is 0 Å². The number of amides is 1. The third-order valence-electron chi connectivity index (χ3n) is 4.98. The largest absolute Gasteiger partial charge is 0.395 e. The summed E-state index contributed by atoms with van der Waals surface area (Å²) in [4.78, 5) is 14.5. The summed E-state index contributed by atoms with van der Waals surface area (Å²) in [5, 5.41) is 12.7. The Balaban J connectivity index is 1.48. The molecule has 0 saturated carbocycles. The van der Waals surface area contributed by atoms with E-state index in [1.54, 1.807) is 0 Å². The Hall–Kier alpha value is -2.66. The van der Waals surface area contributed by atoms with Crippen LogP contribution in [0.3, 0.4) is 0 Å². The molecule has 0 fully saturated rings. The topological polar surface area (TPSA) is 52.6 Å². The van der Waals surface area contributed by atoms with Gasteiger partial charge in [-0.2, -0.15) is 0 Å². The van der Waals surface area contributed by atoms with Gasteiger partial charge in [0.05, 0.1) is 6.61 Å². The fourth-order valence-electron chi connectivity index (χ4n) is 3.25. The van der Waals surface area contributed by atoms with Gasteiger partial charge in [-0.15, -0.1) is 0 Å². The van der Waals surface area contributed by atoms with E-state index >= 15 is 0 Å². The molecule has 0 radical (unpaired) electrons. The SMILES string of the molecule is CN(CCO)Cc1ccc(CCNC(=O)c2ccc(-c3ccc(Cl)cc3)cc2)cc1. The first-order valence-electron chi connectivity index (χ1n) is 10.1. The van der Waals surface area contributed by atoms with Crippen LogP contribution in [0.2, 0.25) is 5.02 Å². The third kappa shape index (κ3) is 6.42. The van der Waals surface area contributed by atoms with Gasteiger partial charge < -0.3 is 10.4 Å². The van der Waals surface area contributed by atoms with Crippen molar-refractivity contribution in [3.63, 3.8) is 0 Å². The summed E-state index contributed by atoms with van der Waals surface area (Å²) >= 11 is 5.93. The Morgan fingerprint density at radius 2 is 1.47 bits per heavy atom. The summed E-state index contributed by atoms with van der Waals surface area (Å²) < 4.78 is 0. The quantitative estimate of drug-likeness (QED) is 0.537. The highest BCUT2D eigenvalue weighted by molar-refractivity contribution is 6.30. The third-order valence-corrected chi connectivity index (χ3v) is 5.23. The average Bonchev–Trinajstić information content (AvgIpc) is 2.76. The Bertz CT molecular complexity index is 938. The fraction of sp³-hybridized carbons (Fsp3) is 0.240. The highest BCUT2D eigenvalue weighted by Gasteiger charge is 2.06. The molecular weight excluding hydrogens is 396 g/mol. The highest BCUT2D eigenvalue weighted by atomic mass is 35.5. The number of halogens is 1. The standard InChI is InChI=1S/C25H27ClN2O2/c1-28(16-17-29)18-20-4-2-19(3-5-20)14-15-27-25(30)23-8-6-21(7-9-23)22-10-12-24(26)13-11-22/h2-13,29H,14-18H2,1H3,(H,27,30). The van der Waals surface area contributed by atoms with E-state index in [1.807, 2.05) is 55.6 Å². The molecule has 3 aromatic rings. The van der Waals surface area contributed by atoms with E-state index in [0.717, 1.165) is 24.1 Å². The highest BCUT2D eigenvalue weighted by Crippen LogP contribution is 2.21. The van der Waals surface area contributed by atoms with Crippen LogP contribution in [0, 0.1) is 0 Å². The van der Waals surface area contributed by atoms with Gasteiger partial charge in [0, 0.05) is 30.2 Å². The average molecular weight is 423 g/mol. The van der Waals surface area contributed by atoms with E-state index in [4.69, 9.17) is 16.7 Å². The Labute approximate surface area is 183 Å². The van der Waals surface area contributed by atoms with E-state index in [-0.39, 0.29) is 12.5 Å². The van der Waals surface area contributed by atoms with E-state index in [1.165, 1.54) is 11.1 Å². The molecule has 2 N–H and O–H groups in total. The summed E-state index contributed by atoms with van der Waals surface area (Å²) in [6, 6.07) is 23.6. The van der Waals surface area contributed by atoms with Crippen LogP contribution in [-0.2, 0) is 13.0 Å². The van der Waals surface area contributed by atoms with Crippen molar-refractivity contribution in [2.24, 2.45) is 0 Å². The lowest BCUT2D eigenvalue weighted by atomic mass is 10.0. The maximum absolute atomic E-state index is 12.4. The fourth-order valence-corrected chi connectivity index (χ4v) is 3.38. The van der Waals surface area contributed by atoms with Crippen LogP contribution in [0.1, 0.15) is 21.5 Å². The lowest BCUT2D eigenvalue weighted by Gasteiger charge is -2.15. The van der Waals surface area contributed by atoms with Crippen LogP contribution in [0.4, 0.5) is 0 Å². The van der Waals surface area contributed by atoms with Gasteiger partial charge in [0.2, 0.25) is 0 Å². The van der Waals surface area contributed by atoms with E-state index in [2.05, 4.69) is 34.5 Å². The van der Waals surface area contributed by atoms with Gasteiger partial charge in [0.25, 0.3) is 5.91 Å². The minimum Gasteiger partial charge on any atom is -0.395 e. The number of likely N-dealkylation sites (N-methyl/N-ethyl adjacent to an activating group) is 1. The molecule has 0 heterocycles. The monoisotopic (exact) mass is 422 g/mol.